The summed E-state index contributed by atoms with van der Waals surface area (Å²) in [6.07, 6.45) is 27.8. The van der Waals surface area contributed by atoms with Crippen molar-refractivity contribution in [2.45, 2.75) is 134 Å². The molecule has 1 aliphatic heterocycles. The van der Waals surface area contributed by atoms with Gasteiger partial charge in [0.2, 0.25) is 0 Å². The van der Waals surface area contributed by atoms with E-state index in [-0.39, 0.29) is 0 Å². The quantitative estimate of drug-likeness (QED) is 0.377. The van der Waals surface area contributed by atoms with Crippen LogP contribution in [0.5, 0.6) is 0 Å². The average Bonchev–Trinajstić information content (AvgIpc) is 3.21. The summed E-state index contributed by atoms with van der Waals surface area (Å²) in [5.41, 5.74) is 4.61. The van der Waals surface area contributed by atoms with Crippen LogP contribution in [0.15, 0.2) is 23.3 Å². The van der Waals surface area contributed by atoms with Crippen LogP contribution in [0.25, 0.3) is 0 Å². The lowest BCUT2D eigenvalue weighted by Crippen LogP contribution is -2.39. The van der Waals surface area contributed by atoms with Crippen molar-refractivity contribution < 1.29 is 4.74 Å². The molecule has 6 rings (SSSR count). The minimum Gasteiger partial charge on any atom is -0.374 e. The number of allylic oxidation sites excluding steroid dienone is 4. The molecule has 33 heavy (non-hydrogen) atoms. The van der Waals surface area contributed by atoms with Crippen molar-refractivity contribution in [3.05, 3.63) is 23.3 Å². The minimum absolute atomic E-state index is 0.611. The first-order valence-corrected chi connectivity index (χ1v) is 18.6. The van der Waals surface area contributed by atoms with Crippen molar-refractivity contribution >= 4 is 8.07 Å². The van der Waals surface area contributed by atoms with Gasteiger partial charge in [0.15, 0.2) is 0 Å². The molecule has 5 aliphatic carbocycles. The molecule has 0 amide bonds. The topological polar surface area (TPSA) is 9.23 Å². The van der Waals surface area contributed by atoms with Gasteiger partial charge in [0, 0.05) is 8.07 Å². The maximum Gasteiger partial charge on any atom is 0.0641 e. The van der Waals surface area contributed by atoms with Crippen molar-refractivity contribution in [1.29, 1.82) is 0 Å². The fourth-order valence-corrected chi connectivity index (χ4v) is 11.8. The molecule has 1 saturated heterocycles. The zero-order valence-corrected chi connectivity index (χ0v) is 22.9. The zero-order chi connectivity index (χ0) is 22.6. The molecule has 4 fully saturated rings. The van der Waals surface area contributed by atoms with Crippen LogP contribution in [-0.4, -0.2) is 20.3 Å². The van der Waals surface area contributed by atoms with Crippen LogP contribution in [0.1, 0.15) is 96.3 Å². The lowest BCUT2D eigenvalue weighted by molar-refractivity contribution is -0.0474. The Hall–Kier alpha value is -0.343. The lowest BCUT2D eigenvalue weighted by Gasteiger charge is -2.44. The summed E-state index contributed by atoms with van der Waals surface area (Å²) in [6, 6.07) is 0. The molecular weight excluding hydrogens is 416 g/mol. The van der Waals surface area contributed by atoms with E-state index in [0.29, 0.717) is 12.2 Å². The largest absolute Gasteiger partial charge is 0.374 e. The van der Waals surface area contributed by atoms with Crippen LogP contribution in [0.3, 0.4) is 0 Å². The molecule has 9 unspecified atom stereocenters. The Morgan fingerprint density at radius 2 is 1.58 bits per heavy atom. The molecular formula is C31H50OSi. The van der Waals surface area contributed by atoms with Crippen LogP contribution >= 0.6 is 0 Å². The summed E-state index contributed by atoms with van der Waals surface area (Å²) < 4.78 is 7.06. The Balaban J connectivity index is 1.13. The van der Waals surface area contributed by atoms with Gasteiger partial charge in [-0.1, -0.05) is 63.0 Å². The number of ether oxygens (including phenoxy) is 1. The molecule has 9 atom stereocenters. The fraction of sp³-hybridized carbons (Fsp3) is 0.871. The number of fused-ring (bicyclic) bond motifs is 3. The summed E-state index contributed by atoms with van der Waals surface area (Å²) in [5.74, 6) is 5.63. The van der Waals surface area contributed by atoms with Crippen LogP contribution in [0.2, 0.25) is 25.2 Å². The third-order valence-electron chi connectivity index (χ3n) is 11.6. The third-order valence-corrected chi connectivity index (χ3v) is 14.5. The Labute approximate surface area is 205 Å². The number of hydrogen-bond acceptors (Lipinski definition) is 1. The average molecular weight is 467 g/mol. The molecule has 6 aliphatic rings. The monoisotopic (exact) mass is 466 g/mol. The van der Waals surface area contributed by atoms with E-state index in [4.69, 9.17) is 4.74 Å². The predicted octanol–water partition coefficient (Wildman–Crippen LogP) is 8.93. The lowest BCUT2D eigenvalue weighted by atomic mass is 9.62. The van der Waals surface area contributed by atoms with Gasteiger partial charge in [-0.05, 0) is 117 Å². The standard InChI is InChI=1S/C31H50OSi/c1-33(2,3)26-11-6-10-23(19-26)24-16-17-30-29(20-24)28-13-7-12-27(31(28)32-30)25-15-14-21-8-4-5-9-22(21)18-25/h4,8,23-31H,5-7,9-20H2,1-3H3. The van der Waals surface area contributed by atoms with Gasteiger partial charge >= 0.3 is 0 Å². The minimum atomic E-state index is -0.990. The van der Waals surface area contributed by atoms with E-state index < -0.39 is 8.07 Å². The van der Waals surface area contributed by atoms with Crippen LogP contribution in [-0.2, 0) is 4.74 Å². The Morgan fingerprint density at radius 1 is 0.758 bits per heavy atom. The van der Waals surface area contributed by atoms with Gasteiger partial charge in [0.05, 0.1) is 12.2 Å². The van der Waals surface area contributed by atoms with Gasteiger partial charge in [0.1, 0.15) is 0 Å². The van der Waals surface area contributed by atoms with Crippen LogP contribution in [0.4, 0.5) is 0 Å². The van der Waals surface area contributed by atoms with Gasteiger partial charge < -0.3 is 4.74 Å². The smallest absolute Gasteiger partial charge is 0.0641 e. The molecule has 0 aromatic rings. The zero-order valence-electron chi connectivity index (χ0n) is 21.9. The Kier molecular flexibility index (Phi) is 6.48. The summed E-state index contributed by atoms with van der Waals surface area (Å²) >= 11 is 0. The second kappa shape index (κ2) is 9.27. The molecule has 0 aromatic heterocycles. The second-order valence-corrected chi connectivity index (χ2v) is 19.7. The van der Waals surface area contributed by atoms with E-state index >= 15 is 0 Å². The maximum absolute atomic E-state index is 7.06. The highest BCUT2D eigenvalue weighted by atomic mass is 28.3. The van der Waals surface area contributed by atoms with Gasteiger partial charge in [0.25, 0.3) is 0 Å². The van der Waals surface area contributed by atoms with E-state index in [0.717, 1.165) is 41.0 Å². The first kappa shape index (κ1) is 23.1. The molecule has 0 radical (unpaired) electrons. The van der Waals surface area contributed by atoms with E-state index in [2.05, 4.69) is 31.8 Å². The van der Waals surface area contributed by atoms with Crippen molar-refractivity contribution in [3.63, 3.8) is 0 Å². The molecule has 0 spiro atoms. The molecule has 1 nitrogen and oxygen atoms in total. The van der Waals surface area contributed by atoms with Crippen LogP contribution in [0, 0.1) is 35.5 Å². The number of rotatable bonds is 3. The van der Waals surface area contributed by atoms with E-state index in [1.54, 1.807) is 12.0 Å². The predicted molar refractivity (Wildman–Crippen MR) is 142 cm³/mol. The van der Waals surface area contributed by atoms with Crippen molar-refractivity contribution in [2.75, 3.05) is 0 Å². The molecule has 0 N–H and O–H groups in total. The van der Waals surface area contributed by atoms with Gasteiger partial charge in [-0.15, -0.1) is 0 Å². The van der Waals surface area contributed by atoms with Crippen molar-refractivity contribution in [2.24, 2.45) is 35.5 Å². The Morgan fingerprint density at radius 3 is 2.45 bits per heavy atom. The highest BCUT2D eigenvalue weighted by Crippen LogP contribution is 2.56. The molecule has 0 bridgehead atoms. The van der Waals surface area contributed by atoms with Gasteiger partial charge in [-0.25, -0.2) is 0 Å². The number of hydrogen-bond donors (Lipinski definition) is 0. The molecule has 0 aromatic carbocycles. The molecule has 1 heterocycles. The van der Waals surface area contributed by atoms with Crippen molar-refractivity contribution in [1.82, 2.24) is 0 Å². The third kappa shape index (κ3) is 4.50. The van der Waals surface area contributed by atoms with E-state index in [9.17, 15) is 0 Å². The summed E-state index contributed by atoms with van der Waals surface area (Å²) in [7, 11) is -0.990. The highest BCUT2D eigenvalue weighted by Gasteiger charge is 2.53. The van der Waals surface area contributed by atoms with Gasteiger partial charge in [-0.2, -0.15) is 0 Å². The fourth-order valence-electron chi connectivity index (χ4n) is 9.68. The SMILES string of the molecule is C[Si](C)(C)C1CCCC(C2CCC3OC4C(C5CCC6=C(CCC=C6)C5)CCCC4C3C2)C1. The molecule has 2 heteroatoms. The normalized spacial score (nSPS) is 46.0. The second-order valence-electron chi connectivity index (χ2n) is 14.2. The first-order chi connectivity index (χ1) is 16.0. The van der Waals surface area contributed by atoms with Crippen molar-refractivity contribution in [3.8, 4) is 0 Å². The Bertz CT molecular complexity index is 774. The summed E-state index contributed by atoms with van der Waals surface area (Å²) in [5, 5.41) is 0. The highest BCUT2D eigenvalue weighted by molar-refractivity contribution is 6.77. The summed E-state index contributed by atoms with van der Waals surface area (Å²) in [4.78, 5) is 0. The van der Waals surface area contributed by atoms with Crippen LogP contribution < -0.4 is 0 Å². The van der Waals surface area contributed by atoms with Gasteiger partial charge in [-0.3, -0.25) is 0 Å². The maximum atomic E-state index is 7.06. The summed E-state index contributed by atoms with van der Waals surface area (Å²) in [6.45, 7) is 7.88. The first-order valence-electron chi connectivity index (χ1n) is 15.0. The molecule has 3 saturated carbocycles. The molecule has 184 valence electrons. The van der Waals surface area contributed by atoms with E-state index in [1.165, 1.54) is 89.9 Å². The van der Waals surface area contributed by atoms with E-state index in [1.807, 2.05) is 5.57 Å².